The molecule has 1 amide bonds. The molecule has 36 heavy (non-hydrogen) atoms. The van der Waals surface area contributed by atoms with Crippen LogP contribution in [-0.2, 0) is 17.8 Å². The van der Waals surface area contributed by atoms with E-state index in [1.54, 1.807) is 34.9 Å². The van der Waals surface area contributed by atoms with E-state index in [0.29, 0.717) is 34.5 Å². The highest BCUT2D eigenvalue weighted by atomic mass is 19.1. The summed E-state index contributed by atoms with van der Waals surface area (Å²) in [5.74, 6) is -0.387. The van der Waals surface area contributed by atoms with E-state index in [0.717, 1.165) is 17.7 Å². The summed E-state index contributed by atoms with van der Waals surface area (Å²) in [4.78, 5) is 39.5. The summed E-state index contributed by atoms with van der Waals surface area (Å²) in [5.41, 5.74) is 1.55. The molecule has 0 aliphatic heterocycles. The summed E-state index contributed by atoms with van der Waals surface area (Å²) in [5, 5.41) is 3.14. The average Bonchev–Trinajstić information content (AvgIpc) is 2.89. The van der Waals surface area contributed by atoms with Crippen molar-refractivity contribution in [1.29, 1.82) is 0 Å². The number of aryl methyl sites for hydroxylation is 1. The van der Waals surface area contributed by atoms with Gasteiger partial charge in [0.15, 0.2) is 5.78 Å². The number of amides is 1. The Balaban J connectivity index is 1.75. The number of nitrogens with one attached hydrogen (secondary N) is 1. The van der Waals surface area contributed by atoms with Crippen LogP contribution in [-0.4, -0.2) is 30.5 Å². The van der Waals surface area contributed by atoms with Gasteiger partial charge in [-0.3, -0.25) is 14.4 Å². The van der Waals surface area contributed by atoms with Gasteiger partial charge < -0.3 is 19.4 Å². The molecule has 0 bridgehead atoms. The molecular formula is C28H25FN2O5. The number of ether oxygens (including phenoxy) is 2. The summed E-state index contributed by atoms with van der Waals surface area (Å²) >= 11 is 0. The van der Waals surface area contributed by atoms with Crippen LogP contribution in [0.25, 0.3) is 10.9 Å². The number of carbonyl (C=O) groups is 2. The Hall–Kier alpha value is -4.46. The number of rotatable bonds is 8. The fourth-order valence-electron chi connectivity index (χ4n) is 3.95. The highest BCUT2D eigenvalue weighted by Gasteiger charge is 2.19. The van der Waals surface area contributed by atoms with E-state index in [9.17, 15) is 18.8 Å². The van der Waals surface area contributed by atoms with Gasteiger partial charge in [0.05, 0.1) is 25.3 Å². The zero-order chi connectivity index (χ0) is 25.8. The number of pyridine rings is 1. The van der Waals surface area contributed by atoms with Crippen LogP contribution < -0.4 is 20.2 Å². The molecule has 4 rings (SSSR count). The predicted molar refractivity (Wildman–Crippen MR) is 136 cm³/mol. The van der Waals surface area contributed by atoms with Gasteiger partial charge in [-0.25, -0.2) is 4.39 Å². The molecule has 0 unspecified atom stereocenters. The maximum atomic E-state index is 13.4. The molecule has 0 fully saturated rings. The van der Waals surface area contributed by atoms with Gasteiger partial charge in [0.2, 0.25) is 11.3 Å². The number of nitrogens with zero attached hydrogens (tertiary/aromatic N) is 1. The summed E-state index contributed by atoms with van der Waals surface area (Å²) in [7, 11) is 3.02. The number of fused-ring (bicyclic) bond motifs is 1. The smallest absolute Gasteiger partial charge is 0.244 e. The van der Waals surface area contributed by atoms with Crippen molar-refractivity contribution in [3.63, 3.8) is 0 Å². The highest BCUT2D eigenvalue weighted by Crippen LogP contribution is 2.26. The van der Waals surface area contributed by atoms with Gasteiger partial charge in [-0.05, 0) is 48.4 Å². The van der Waals surface area contributed by atoms with Crippen molar-refractivity contribution in [2.24, 2.45) is 0 Å². The summed E-state index contributed by atoms with van der Waals surface area (Å²) in [6, 6.07) is 15.4. The molecule has 4 aromatic rings. The van der Waals surface area contributed by atoms with E-state index in [2.05, 4.69) is 5.32 Å². The van der Waals surface area contributed by atoms with Crippen molar-refractivity contribution < 1.29 is 23.5 Å². The molecular weight excluding hydrogens is 463 g/mol. The molecule has 1 heterocycles. The number of aromatic nitrogens is 1. The lowest BCUT2D eigenvalue weighted by atomic mass is 10.0. The molecule has 0 saturated carbocycles. The Morgan fingerprint density at radius 1 is 0.944 bits per heavy atom. The highest BCUT2D eigenvalue weighted by molar-refractivity contribution is 6.10. The minimum Gasteiger partial charge on any atom is -0.497 e. The van der Waals surface area contributed by atoms with Gasteiger partial charge in [0.25, 0.3) is 0 Å². The summed E-state index contributed by atoms with van der Waals surface area (Å²) in [6.07, 6.45) is 2.08. The number of halogens is 1. The third-order valence-electron chi connectivity index (χ3n) is 5.85. The number of ketones is 1. The zero-order valence-electron chi connectivity index (χ0n) is 20.1. The molecule has 0 atom stereocenters. The van der Waals surface area contributed by atoms with Crippen molar-refractivity contribution in [3.8, 4) is 11.5 Å². The van der Waals surface area contributed by atoms with Crippen LogP contribution in [0.1, 0.15) is 28.4 Å². The molecule has 0 radical (unpaired) electrons. The molecule has 3 aromatic carbocycles. The van der Waals surface area contributed by atoms with Gasteiger partial charge in [-0.2, -0.15) is 0 Å². The second kappa shape index (κ2) is 10.4. The van der Waals surface area contributed by atoms with Crippen LogP contribution in [0, 0.1) is 5.82 Å². The number of methoxy groups -OCH3 is 2. The molecule has 0 aliphatic rings. The van der Waals surface area contributed by atoms with Crippen LogP contribution in [0.4, 0.5) is 10.1 Å². The maximum Gasteiger partial charge on any atom is 0.244 e. The second-order valence-electron chi connectivity index (χ2n) is 8.19. The van der Waals surface area contributed by atoms with Crippen molar-refractivity contribution in [1.82, 2.24) is 4.57 Å². The van der Waals surface area contributed by atoms with Gasteiger partial charge in [0, 0.05) is 41.0 Å². The molecule has 0 saturated heterocycles. The maximum absolute atomic E-state index is 13.4. The van der Waals surface area contributed by atoms with Crippen LogP contribution >= 0.6 is 0 Å². The van der Waals surface area contributed by atoms with Crippen molar-refractivity contribution >= 4 is 28.3 Å². The summed E-state index contributed by atoms with van der Waals surface area (Å²) < 4.78 is 25.4. The Morgan fingerprint density at radius 3 is 2.22 bits per heavy atom. The van der Waals surface area contributed by atoms with E-state index in [4.69, 9.17) is 9.47 Å². The van der Waals surface area contributed by atoms with E-state index in [1.807, 2.05) is 13.0 Å². The first kappa shape index (κ1) is 24.7. The SMILES string of the molecule is CCc1ccc2c(c1)c(=O)c(C(=O)c1ccc(F)cc1)cn2CC(=O)Nc1cc(OC)cc(OC)c1. The number of carbonyl (C=O) groups excluding carboxylic acids is 2. The van der Waals surface area contributed by atoms with E-state index < -0.39 is 17.0 Å². The molecule has 1 N–H and O–H groups in total. The first-order chi connectivity index (χ1) is 17.3. The number of hydrogen-bond donors (Lipinski definition) is 1. The number of anilines is 1. The van der Waals surface area contributed by atoms with E-state index in [-0.39, 0.29) is 23.6 Å². The summed E-state index contributed by atoms with van der Waals surface area (Å²) in [6.45, 7) is 1.80. The Bertz CT molecular complexity index is 1490. The minimum absolute atomic E-state index is 0.0989. The molecule has 1 aromatic heterocycles. The normalized spacial score (nSPS) is 10.8. The third kappa shape index (κ3) is 5.12. The van der Waals surface area contributed by atoms with Crippen molar-refractivity contribution in [3.05, 3.63) is 99.6 Å². The molecule has 7 nitrogen and oxygen atoms in total. The fourth-order valence-corrected chi connectivity index (χ4v) is 3.95. The minimum atomic E-state index is -0.546. The lowest BCUT2D eigenvalue weighted by Gasteiger charge is -2.15. The monoisotopic (exact) mass is 488 g/mol. The van der Waals surface area contributed by atoms with Crippen molar-refractivity contribution in [2.45, 2.75) is 19.9 Å². The van der Waals surface area contributed by atoms with Crippen LogP contribution in [0.3, 0.4) is 0 Å². The first-order valence-corrected chi connectivity index (χ1v) is 11.3. The molecule has 0 spiro atoms. The van der Waals surface area contributed by atoms with E-state index in [1.165, 1.54) is 32.5 Å². The zero-order valence-corrected chi connectivity index (χ0v) is 20.1. The number of hydrogen-bond acceptors (Lipinski definition) is 5. The van der Waals surface area contributed by atoms with Gasteiger partial charge in [-0.1, -0.05) is 13.0 Å². The van der Waals surface area contributed by atoms with Gasteiger partial charge >= 0.3 is 0 Å². The fraction of sp³-hybridized carbons (Fsp3) is 0.179. The Kier molecular flexibility index (Phi) is 7.15. The second-order valence-corrected chi connectivity index (χ2v) is 8.19. The average molecular weight is 489 g/mol. The topological polar surface area (TPSA) is 86.6 Å². The first-order valence-electron chi connectivity index (χ1n) is 11.3. The molecule has 8 heteroatoms. The molecule has 184 valence electrons. The number of benzene rings is 3. The largest absolute Gasteiger partial charge is 0.497 e. The van der Waals surface area contributed by atoms with E-state index >= 15 is 0 Å². The van der Waals surface area contributed by atoms with Crippen LogP contribution in [0.2, 0.25) is 0 Å². The standard InChI is InChI=1S/C28H25FN2O5/c1-4-17-5-10-25-23(11-17)28(34)24(27(33)18-6-8-19(29)9-7-18)15-31(25)16-26(32)30-20-12-21(35-2)14-22(13-20)36-3/h5-15H,4,16H2,1-3H3,(H,30,32). The third-order valence-corrected chi connectivity index (χ3v) is 5.85. The predicted octanol–water partition coefficient (Wildman–Crippen LogP) is 4.59. The lowest BCUT2D eigenvalue weighted by Crippen LogP contribution is -2.24. The van der Waals surface area contributed by atoms with Gasteiger partial charge in [0.1, 0.15) is 23.9 Å². The lowest BCUT2D eigenvalue weighted by molar-refractivity contribution is -0.116. The van der Waals surface area contributed by atoms with Crippen molar-refractivity contribution in [2.75, 3.05) is 19.5 Å². The Labute approximate surface area is 207 Å². The van der Waals surface area contributed by atoms with Gasteiger partial charge in [-0.15, -0.1) is 0 Å². The van der Waals surface area contributed by atoms with Crippen LogP contribution in [0.15, 0.2) is 71.7 Å². The quantitative estimate of drug-likeness (QED) is 0.367. The van der Waals surface area contributed by atoms with Crippen LogP contribution in [0.5, 0.6) is 11.5 Å². The Morgan fingerprint density at radius 2 is 1.61 bits per heavy atom. The molecule has 0 aliphatic carbocycles.